The van der Waals surface area contributed by atoms with Crippen molar-refractivity contribution in [1.82, 2.24) is 5.32 Å². The Balaban J connectivity index is 2.10. The Bertz CT molecular complexity index is 445. The van der Waals surface area contributed by atoms with Gasteiger partial charge in [0.15, 0.2) is 0 Å². The maximum Gasteiger partial charge on any atom is 0.218 e. The normalized spacial score (nSPS) is 20.2. The molecule has 1 aromatic carbocycles. The van der Waals surface area contributed by atoms with Crippen LogP contribution in [0, 0.1) is 0 Å². The van der Waals surface area contributed by atoms with Gasteiger partial charge in [-0.3, -0.25) is 4.79 Å². The lowest BCUT2D eigenvalue weighted by Gasteiger charge is -2.29. The second-order valence-electron chi connectivity index (χ2n) is 5.07. The summed E-state index contributed by atoms with van der Waals surface area (Å²) in [5.74, 6) is 0.0383. The molecular formula is C14H20N2O2. The van der Waals surface area contributed by atoms with Crippen LogP contribution in [0.15, 0.2) is 18.2 Å². The number of fused-ring (bicyclic) bond motifs is 1. The smallest absolute Gasteiger partial charge is 0.218 e. The fraction of sp³-hybridized carbons (Fsp3) is 0.500. The van der Waals surface area contributed by atoms with Gasteiger partial charge in [0.1, 0.15) is 5.75 Å². The van der Waals surface area contributed by atoms with E-state index in [9.17, 15) is 9.90 Å². The molecule has 1 aliphatic carbocycles. The van der Waals surface area contributed by atoms with Crippen LogP contribution in [0.2, 0.25) is 0 Å². The summed E-state index contributed by atoms with van der Waals surface area (Å²) in [6.45, 7) is 1.97. The molecule has 0 fully saturated rings. The molecule has 1 aliphatic rings. The highest BCUT2D eigenvalue weighted by Gasteiger charge is 2.22. The van der Waals surface area contributed by atoms with E-state index in [1.165, 1.54) is 11.1 Å². The lowest BCUT2D eigenvalue weighted by atomic mass is 9.87. The molecule has 18 heavy (non-hydrogen) atoms. The predicted molar refractivity (Wildman–Crippen MR) is 70.2 cm³/mol. The molecule has 2 unspecified atom stereocenters. The van der Waals surface area contributed by atoms with Crippen molar-refractivity contribution in [3.63, 3.8) is 0 Å². The Labute approximate surface area is 107 Å². The molecule has 98 valence electrons. The summed E-state index contributed by atoms with van der Waals surface area (Å²) < 4.78 is 0. The predicted octanol–water partition coefficient (Wildman–Crippen LogP) is 1.62. The van der Waals surface area contributed by atoms with Gasteiger partial charge < -0.3 is 16.2 Å². The molecule has 0 saturated heterocycles. The van der Waals surface area contributed by atoms with E-state index in [0.717, 1.165) is 19.3 Å². The van der Waals surface area contributed by atoms with Gasteiger partial charge in [0.25, 0.3) is 0 Å². The van der Waals surface area contributed by atoms with Gasteiger partial charge in [-0.1, -0.05) is 6.07 Å². The highest BCUT2D eigenvalue weighted by Crippen LogP contribution is 2.32. The van der Waals surface area contributed by atoms with E-state index in [-0.39, 0.29) is 18.0 Å². The molecule has 2 atom stereocenters. The Morgan fingerprint density at radius 3 is 3.11 bits per heavy atom. The SMILES string of the molecule is CC(CC(N)=O)NC1CCCc2cc(O)ccc21. The molecule has 2 rings (SSSR count). The number of phenols is 1. The molecule has 0 bridgehead atoms. The molecule has 0 aromatic heterocycles. The zero-order valence-corrected chi connectivity index (χ0v) is 10.6. The monoisotopic (exact) mass is 248 g/mol. The third-order valence-corrected chi connectivity index (χ3v) is 3.43. The highest BCUT2D eigenvalue weighted by molar-refractivity contribution is 5.74. The first-order valence-electron chi connectivity index (χ1n) is 6.42. The van der Waals surface area contributed by atoms with Gasteiger partial charge in [-0.2, -0.15) is 0 Å². The minimum atomic E-state index is -0.281. The fourth-order valence-electron chi connectivity index (χ4n) is 2.68. The van der Waals surface area contributed by atoms with E-state index >= 15 is 0 Å². The van der Waals surface area contributed by atoms with Crippen LogP contribution in [-0.4, -0.2) is 17.1 Å². The first kappa shape index (κ1) is 12.9. The van der Waals surface area contributed by atoms with Gasteiger partial charge in [0, 0.05) is 18.5 Å². The summed E-state index contributed by atoms with van der Waals surface area (Å²) in [5, 5.41) is 12.9. The fourth-order valence-corrected chi connectivity index (χ4v) is 2.68. The molecular weight excluding hydrogens is 228 g/mol. The number of phenolic OH excluding ortho intramolecular Hbond substituents is 1. The van der Waals surface area contributed by atoms with E-state index < -0.39 is 0 Å². The second kappa shape index (κ2) is 5.40. The van der Waals surface area contributed by atoms with Crippen molar-refractivity contribution < 1.29 is 9.90 Å². The first-order chi connectivity index (χ1) is 8.56. The van der Waals surface area contributed by atoms with Crippen LogP contribution in [0.3, 0.4) is 0 Å². The van der Waals surface area contributed by atoms with Crippen molar-refractivity contribution in [3.05, 3.63) is 29.3 Å². The van der Waals surface area contributed by atoms with Gasteiger partial charge >= 0.3 is 0 Å². The molecule has 1 amide bonds. The molecule has 4 heteroatoms. The Morgan fingerprint density at radius 1 is 1.61 bits per heavy atom. The number of aryl methyl sites for hydroxylation is 1. The number of rotatable bonds is 4. The molecule has 4 N–H and O–H groups in total. The molecule has 0 aliphatic heterocycles. The lowest BCUT2D eigenvalue weighted by molar-refractivity contribution is -0.118. The molecule has 1 aromatic rings. The van der Waals surface area contributed by atoms with Crippen molar-refractivity contribution in [2.45, 2.75) is 44.7 Å². The first-order valence-corrected chi connectivity index (χ1v) is 6.42. The number of benzene rings is 1. The zero-order chi connectivity index (χ0) is 13.1. The summed E-state index contributed by atoms with van der Waals surface area (Å²) in [4.78, 5) is 10.9. The van der Waals surface area contributed by atoms with E-state index in [4.69, 9.17) is 5.73 Å². The zero-order valence-electron chi connectivity index (χ0n) is 10.6. The number of nitrogens with two attached hydrogens (primary N) is 1. The topological polar surface area (TPSA) is 75.4 Å². The van der Waals surface area contributed by atoms with Gasteiger partial charge in [-0.15, -0.1) is 0 Å². The van der Waals surface area contributed by atoms with Crippen molar-refractivity contribution in [3.8, 4) is 5.75 Å². The number of carbonyl (C=O) groups excluding carboxylic acids is 1. The summed E-state index contributed by atoms with van der Waals surface area (Å²) >= 11 is 0. The molecule has 0 radical (unpaired) electrons. The summed E-state index contributed by atoms with van der Waals surface area (Å²) in [6, 6.07) is 5.86. The minimum absolute atomic E-state index is 0.0762. The highest BCUT2D eigenvalue weighted by atomic mass is 16.3. The van der Waals surface area contributed by atoms with Gasteiger partial charge in [-0.25, -0.2) is 0 Å². The van der Waals surface area contributed by atoms with Gasteiger partial charge in [0.05, 0.1) is 0 Å². The van der Waals surface area contributed by atoms with Crippen LogP contribution >= 0.6 is 0 Å². The van der Waals surface area contributed by atoms with Crippen molar-refractivity contribution >= 4 is 5.91 Å². The molecule has 0 saturated carbocycles. The number of primary amides is 1. The standard InChI is InChI=1S/C14H20N2O2/c1-9(7-14(15)18)16-13-4-2-3-10-8-11(17)5-6-12(10)13/h5-6,8-9,13,16-17H,2-4,7H2,1H3,(H2,15,18). The van der Waals surface area contributed by atoms with Crippen LogP contribution in [0.25, 0.3) is 0 Å². The number of carbonyl (C=O) groups is 1. The van der Waals surface area contributed by atoms with Gasteiger partial charge in [-0.05, 0) is 49.4 Å². The average Bonchev–Trinajstić information content (AvgIpc) is 2.27. The van der Waals surface area contributed by atoms with Crippen LogP contribution < -0.4 is 11.1 Å². The average molecular weight is 248 g/mol. The van der Waals surface area contributed by atoms with E-state index in [2.05, 4.69) is 5.32 Å². The van der Waals surface area contributed by atoms with Crippen molar-refractivity contribution in [1.29, 1.82) is 0 Å². The summed E-state index contributed by atoms with van der Waals surface area (Å²) in [5.41, 5.74) is 7.63. The van der Waals surface area contributed by atoms with Crippen molar-refractivity contribution in [2.75, 3.05) is 0 Å². The van der Waals surface area contributed by atoms with E-state index in [0.29, 0.717) is 12.2 Å². The van der Waals surface area contributed by atoms with Crippen molar-refractivity contribution in [2.24, 2.45) is 5.73 Å². The van der Waals surface area contributed by atoms with Gasteiger partial charge in [0.2, 0.25) is 5.91 Å². The number of aromatic hydroxyl groups is 1. The van der Waals surface area contributed by atoms with Crippen LogP contribution in [-0.2, 0) is 11.2 Å². The number of nitrogens with one attached hydrogen (secondary N) is 1. The Morgan fingerprint density at radius 2 is 2.39 bits per heavy atom. The number of hydrogen-bond donors (Lipinski definition) is 3. The Kier molecular flexibility index (Phi) is 3.87. The minimum Gasteiger partial charge on any atom is -0.508 e. The Hall–Kier alpha value is -1.55. The molecule has 0 spiro atoms. The number of amides is 1. The van der Waals surface area contributed by atoms with E-state index in [1.54, 1.807) is 6.07 Å². The quantitative estimate of drug-likeness (QED) is 0.758. The number of hydrogen-bond acceptors (Lipinski definition) is 3. The maximum absolute atomic E-state index is 10.9. The maximum atomic E-state index is 10.9. The lowest BCUT2D eigenvalue weighted by Crippen LogP contribution is -2.35. The summed E-state index contributed by atoms with van der Waals surface area (Å²) in [7, 11) is 0. The largest absolute Gasteiger partial charge is 0.508 e. The van der Waals surface area contributed by atoms with Crippen LogP contribution in [0.5, 0.6) is 5.75 Å². The third-order valence-electron chi connectivity index (χ3n) is 3.43. The molecule has 4 nitrogen and oxygen atoms in total. The van der Waals surface area contributed by atoms with Crippen LogP contribution in [0.1, 0.15) is 43.4 Å². The second-order valence-corrected chi connectivity index (χ2v) is 5.07. The summed E-state index contributed by atoms with van der Waals surface area (Å²) in [6.07, 6.45) is 3.51. The van der Waals surface area contributed by atoms with Crippen LogP contribution in [0.4, 0.5) is 0 Å². The molecule has 0 heterocycles. The van der Waals surface area contributed by atoms with E-state index in [1.807, 2.05) is 19.1 Å². The third kappa shape index (κ3) is 3.01.